The Morgan fingerprint density at radius 1 is 1.12 bits per heavy atom. The van der Waals surface area contributed by atoms with Crippen molar-refractivity contribution in [2.75, 3.05) is 13.2 Å². The van der Waals surface area contributed by atoms with Gasteiger partial charge in [-0.05, 0) is 94.0 Å². The molecule has 0 unspecified atom stereocenters. The van der Waals surface area contributed by atoms with Crippen molar-refractivity contribution in [2.24, 2.45) is 0 Å². The van der Waals surface area contributed by atoms with Crippen molar-refractivity contribution in [1.82, 2.24) is 9.88 Å². The third-order valence-electron chi connectivity index (χ3n) is 6.52. The SMILES string of the molecule is CCOC(=O)c1ccc(Oc2ccc3c(c2)C[C@@H](N(C[C@H](O)c2cccc(Cl)c2)C(=O)OC(C)(C)C)CC3)nc1. The van der Waals surface area contributed by atoms with E-state index in [2.05, 4.69) is 4.98 Å². The first-order valence-corrected chi connectivity index (χ1v) is 13.8. The lowest BCUT2D eigenvalue weighted by Gasteiger charge is -2.37. The van der Waals surface area contributed by atoms with Gasteiger partial charge in [0, 0.05) is 23.3 Å². The highest BCUT2D eigenvalue weighted by molar-refractivity contribution is 6.30. The third-order valence-corrected chi connectivity index (χ3v) is 6.76. The summed E-state index contributed by atoms with van der Waals surface area (Å²) in [6, 6.07) is 15.9. The molecule has 1 aliphatic carbocycles. The minimum atomic E-state index is -0.925. The maximum Gasteiger partial charge on any atom is 0.410 e. The summed E-state index contributed by atoms with van der Waals surface area (Å²) in [7, 11) is 0. The summed E-state index contributed by atoms with van der Waals surface area (Å²) in [4.78, 5) is 31.1. The molecule has 4 rings (SSSR count). The second kappa shape index (κ2) is 12.7. The van der Waals surface area contributed by atoms with Crippen molar-refractivity contribution < 1.29 is 28.9 Å². The van der Waals surface area contributed by atoms with Crippen molar-refractivity contribution in [3.8, 4) is 11.6 Å². The number of fused-ring (bicyclic) bond motifs is 1. The highest BCUT2D eigenvalue weighted by atomic mass is 35.5. The van der Waals surface area contributed by atoms with Gasteiger partial charge in [-0.2, -0.15) is 0 Å². The number of rotatable bonds is 8. The smallest absolute Gasteiger partial charge is 0.410 e. The minimum Gasteiger partial charge on any atom is -0.462 e. The van der Waals surface area contributed by atoms with Crippen LogP contribution in [0, 0.1) is 0 Å². The largest absolute Gasteiger partial charge is 0.462 e. The van der Waals surface area contributed by atoms with Crippen molar-refractivity contribution >= 4 is 23.7 Å². The number of aliphatic hydroxyl groups is 1. The molecular formula is C31H35ClN2O6. The number of hydrogen-bond donors (Lipinski definition) is 1. The first kappa shape index (κ1) is 29.4. The Hall–Kier alpha value is -3.62. The molecule has 2 aromatic carbocycles. The molecule has 2 atom stereocenters. The average molecular weight is 567 g/mol. The Balaban J connectivity index is 1.52. The van der Waals surface area contributed by atoms with Gasteiger partial charge in [-0.3, -0.25) is 0 Å². The molecule has 0 aliphatic heterocycles. The van der Waals surface area contributed by atoms with E-state index in [4.69, 9.17) is 25.8 Å². The van der Waals surface area contributed by atoms with Crippen molar-refractivity contribution in [3.05, 3.63) is 88.1 Å². The standard InChI is InChI=1S/C31H35ClN2O6/c1-5-38-29(36)22-11-14-28(33-18-22)39-26-13-10-20-9-12-25(16-23(20)17-26)34(30(37)40-31(2,3)4)19-27(35)21-7-6-8-24(32)15-21/h6-8,10-11,13-15,17-18,25,27,35H,5,9,12,16,19H2,1-4H3/t25-,27-/m0/s1. The van der Waals surface area contributed by atoms with Gasteiger partial charge in [0.2, 0.25) is 5.88 Å². The highest BCUT2D eigenvalue weighted by Gasteiger charge is 2.33. The van der Waals surface area contributed by atoms with Crippen LogP contribution in [0.4, 0.5) is 4.79 Å². The van der Waals surface area contributed by atoms with Crippen LogP contribution in [0.1, 0.15) is 67.3 Å². The number of halogens is 1. The molecule has 0 bridgehead atoms. The van der Waals surface area contributed by atoms with Gasteiger partial charge in [-0.1, -0.05) is 29.8 Å². The first-order chi connectivity index (χ1) is 19.0. The predicted octanol–water partition coefficient (Wildman–Crippen LogP) is 6.53. The molecule has 1 amide bonds. The number of amides is 1. The number of aryl methyl sites for hydroxylation is 1. The van der Waals surface area contributed by atoms with Crippen LogP contribution >= 0.6 is 11.6 Å². The second-order valence-electron chi connectivity index (χ2n) is 10.7. The molecule has 1 heterocycles. The van der Waals surface area contributed by atoms with Gasteiger partial charge in [-0.15, -0.1) is 0 Å². The van der Waals surface area contributed by atoms with E-state index in [0.29, 0.717) is 34.2 Å². The molecule has 212 valence electrons. The number of pyridine rings is 1. The molecule has 40 heavy (non-hydrogen) atoms. The van der Waals surface area contributed by atoms with Crippen molar-refractivity contribution in [2.45, 2.75) is 64.7 Å². The number of aromatic nitrogens is 1. The zero-order chi connectivity index (χ0) is 28.9. The summed E-state index contributed by atoms with van der Waals surface area (Å²) in [6.45, 7) is 7.58. The lowest BCUT2D eigenvalue weighted by atomic mass is 9.87. The topological polar surface area (TPSA) is 98.2 Å². The van der Waals surface area contributed by atoms with Gasteiger partial charge in [0.25, 0.3) is 0 Å². The van der Waals surface area contributed by atoms with Crippen LogP contribution in [0.2, 0.25) is 5.02 Å². The Bertz CT molecular complexity index is 1340. The van der Waals surface area contributed by atoms with E-state index in [9.17, 15) is 14.7 Å². The van der Waals surface area contributed by atoms with Gasteiger partial charge in [-0.25, -0.2) is 14.6 Å². The summed E-state index contributed by atoms with van der Waals surface area (Å²) in [6.07, 6.45) is 2.09. The van der Waals surface area contributed by atoms with Crippen LogP contribution in [0.15, 0.2) is 60.8 Å². The number of carbonyl (C=O) groups excluding carboxylic acids is 2. The van der Waals surface area contributed by atoms with Gasteiger partial charge >= 0.3 is 12.1 Å². The maximum atomic E-state index is 13.3. The number of esters is 1. The molecule has 1 aromatic heterocycles. The Morgan fingerprint density at radius 3 is 2.60 bits per heavy atom. The zero-order valence-corrected chi connectivity index (χ0v) is 24.0. The fraction of sp³-hybridized carbons (Fsp3) is 0.387. The Kier molecular flexibility index (Phi) is 9.32. The van der Waals surface area contributed by atoms with E-state index < -0.39 is 23.8 Å². The van der Waals surface area contributed by atoms with E-state index in [-0.39, 0.29) is 19.2 Å². The molecule has 0 spiro atoms. The number of carbonyl (C=O) groups is 2. The lowest BCUT2D eigenvalue weighted by molar-refractivity contribution is 0.00194. The Morgan fingerprint density at radius 2 is 1.93 bits per heavy atom. The first-order valence-electron chi connectivity index (χ1n) is 13.4. The van der Waals surface area contributed by atoms with E-state index in [0.717, 1.165) is 18.4 Å². The fourth-order valence-corrected chi connectivity index (χ4v) is 4.84. The molecule has 0 fully saturated rings. The molecule has 1 N–H and O–H groups in total. The van der Waals surface area contributed by atoms with Crippen molar-refractivity contribution in [3.63, 3.8) is 0 Å². The van der Waals surface area contributed by atoms with Crippen LogP contribution in [0.3, 0.4) is 0 Å². The highest BCUT2D eigenvalue weighted by Crippen LogP contribution is 2.31. The summed E-state index contributed by atoms with van der Waals surface area (Å²) >= 11 is 6.13. The number of ether oxygens (including phenoxy) is 3. The molecule has 0 saturated carbocycles. The molecule has 0 saturated heterocycles. The third kappa shape index (κ3) is 7.73. The normalized spacial score (nSPS) is 15.5. The Labute approximate surface area is 239 Å². The lowest BCUT2D eigenvalue weighted by Crippen LogP contribution is -2.47. The molecule has 1 aliphatic rings. The van der Waals surface area contributed by atoms with Crippen LogP contribution in [-0.2, 0) is 22.3 Å². The molecular weight excluding hydrogens is 532 g/mol. The van der Waals surface area contributed by atoms with E-state index >= 15 is 0 Å². The molecule has 0 radical (unpaired) electrons. The van der Waals surface area contributed by atoms with E-state index in [1.54, 1.807) is 48.2 Å². The minimum absolute atomic E-state index is 0.0716. The van der Waals surface area contributed by atoms with Crippen LogP contribution in [0.25, 0.3) is 0 Å². The molecule has 9 heteroatoms. The van der Waals surface area contributed by atoms with Crippen LogP contribution in [-0.4, -0.2) is 51.8 Å². The van der Waals surface area contributed by atoms with E-state index in [1.165, 1.54) is 11.8 Å². The molecule has 8 nitrogen and oxygen atoms in total. The average Bonchev–Trinajstić information content (AvgIpc) is 2.90. The van der Waals surface area contributed by atoms with Gasteiger partial charge in [0.15, 0.2) is 0 Å². The second-order valence-corrected chi connectivity index (χ2v) is 11.2. The van der Waals surface area contributed by atoms with E-state index in [1.807, 2.05) is 39.0 Å². The summed E-state index contributed by atoms with van der Waals surface area (Å²) in [5.41, 5.74) is 2.52. The number of hydrogen-bond acceptors (Lipinski definition) is 7. The summed E-state index contributed by atoms with van der Waals surface area (Å²) in [5, 5.41) is 11.5. The summed E-state index contributed by atoms with van der Waals surface area (Å²) < 4.78 is 16.7. The van der Waals surface area contributed by atoms with Crippen LogP contribution < -0.4 is 4.74 Å². The molecule has 3 aromatic rings. The number of benzene rings is 2. The number of nitrogens with zero attached hydrogens (tertiary/aromatic N) is 2. The van der Waals surface area contributed by atoms with Crippen LogP contribution in [0.5, 0.6) is 11.6 Å². The van der Waals surface area contributed by atoms with Crippen molar-refractivity contribution in [1.29, 1.82) is 0 Å². The maximum absolute atomic E-state index is 13.3. The quantitative estimate of drug-likeness (QED) is 0.309. The monoisotopic (exact) mass is 566 g/mol. The van der Waals surface area contributed by atoms with Gasteiger partial charge in [0.05, 0.1) is 24.8 Å². The predicted molar refractivity (Wildman–Crippen MR) is 152 cm³/mol. The summed E-state index contributed by atoms with van der Waals surface area (Å²) in [5.74, 6) is 0.510. The van der Waals surface area contributed by atoms with Gasteiger partial charge in [0.1, 0.15) is 11.4 Å². The number of aliphatic hydroxyl groups excluding tert-OH is 1. The van der Waals surface area contributed by atoms with Gasteiger partial charge < -0.3 is 24.2 Å². The zero-order valence-electron chi connectivity index (χ0n) is 23.2. The fourth-order valence-electron chi connectivity index (χ4n) is 4.64.